The van der Waals surface area contributed by atoms with Crippen molar-refractivity contribution in [1.29, 1.82) is 0 Å². The van der Waals surface area contributed by atoms with Crippen molar-refractivity contribution in [2.45, 2.75) is 18.8 Å². The van der Waals surface area contributed by atoms with Gasteiger partial charge in [0.05, 0.1) is 16.8 Å². The van der Waals surface area contributed by atoms with E-state index in [4.69, 9.17) is 9.40 Å². The second kappa shape index (κ2) is 4.68. The number of anilines is 1. The summed E-state index contributed by atoms with van der Waals surface area (Å²) in [5.74, 6) is 1.40. The normalized spacial score (nSPS) is 14.7. The van der Waals surface area contributed by atoms with Gasteiger partial charge in [-0.05, 0) is 25.0 Å². The minimum atomic E-state index is 0.576. The third-order valence-corrected chi connectivity index (χ3v) is 5.36. The Morgan fingerprint density at radius 2 is 2.15 bits per heavy atom. The summed E-state index contributed by atoms with van der Waals surface area (Å²) in [5.41, 5.74) is 1.15. The molecule has 0 radical (unpaired) electrons. The molecule has 20 heavy (non-hydrogen) atoms. The Bertz CT molecular complexity index is 727. The molecular formula is C13H12N4OS2. The van der Waals surface area contributed by atoms with E-state index in [9.17, 15) is 0 Å². The third kappa shape index (κ3) is 2.03. The molecule has 1 N–H and O–H groups in total. The molecule has 3 heterocycles. The minimum Gasteiger partial charge on any atom is -0.462 e. The molecule has 0 aromatic carbocycles. The molecule has 3 aromatic rings. The van der Waals surface area contributed by atoms with Crippen LogP contribution in [0.25, 0.3) is 20.7 Å². The lowest BCUT2D eigenvalue weighted by molar-refractivity contribution is 0.581. The van der Waals surface area contributed by atoms with Crippen LogP contribution in [-0.2, 0) is 0 Å². The van der Waals surface area contributed by atoms with E-state index in [1.165, 1.54) is 12.8 Å². The zero-order chi connectivity index (χ0) is 13.5. The van der Waals surface area contributed by atoms with Crippen molar-refractivity contribution >= 4 is 27.8 Å². The van der Waals surface area contributed by atoms with Gasteiger partial charge in [0.25, 0.3) is 0 Å². The fourth-order valence-corrected chi connectivity index (χ4v) is 3.94. The number of nitrogens with one attached hydrogen (secondary N) is 1. The Kier molecular flexibility index (Phi) is 2.82. The van der Waals surface area contributed by atoms with Gasteiger partial charge in [-0.3, -0.25) is 0 Å². The molecule has 102 valence electrons. The van der Waals surface area contributed by atoms with Crippen LogP contribution >= 0.6 is 22.7 Å². The van der Waals surface area contributed by atoms with Crippen LogP contribution in [0.2, 0.25) is 0 Å². The zero-order valence-corrected chi connectivity index (χ0v) is 12.4. The van der Waals surface area contributed by atoms with E-state index >= 15 is 0 Å². The lowest BCUT2D eigenvalue weighted by atomic mass is 10.2. The van der Waals surface area contributed by atoms with Crippen LogP contribution in [0.1, 0.15) is 24.5 Å². The first-order valence-corrected chi connectivity index (χ1v) is 8.04. The molecule has 0 atom stereocenters. The molecule has 1 aliphatic carbocycles. The van der Waals surface area contributed by atoms with E-state index in [2.05, 4.69) is 15.5 Å². The van der Waals surface area contributed by atoms with Crippen molar-refractivity contribution in [3.8, 4) is 20.7 Å². The molecule has 0 bridgehead atoms. The molecule has 1 saturated carbocycles. The van der Waals surface area contributed by atoms with Gasteiger partial charge >= 0.3 is 0 Å². The van der Waals surface area contributed by atoms with Crippen LogP contribution in [0, 0.1) is 0 Å². The van der Waals surface area contributed by atoms with Crippen LogP contribution < -0.4 is 5.32 Å². The quantitative estimate of drug-likeness (QED) is 0.793. The van der Waals surface area contributed by atoms with Crippen LogP contribution in [0.4, 0.5) is 5.13 Å². The standard InChI is InChI=1S/C13H12N4OS2/c1-14-13-17-16-12(20-13)10-9(7-4-5-7)15-11(19-10)8-3-2-6-18-8/h2-3,6-7H,4-5H2,1H3,(H,14,17). The number of rotatable bonds is 4. The van der Waals surface area contributed by atoms with E-state index < -0.39 is 0 Å². The van der Waals surface area contributed by atoms with Gasteiger partial charge in [0.15, 0.2) is 15.8 Å². The number of hydrogen-bond acceptors (Lipinski definition) is 7. The van der Waals surface area contributed by atoms with Gasteiger partial charge in [0, 0.05) is 13.0 Å². The highest BCUT2D eigenvalue weighted by atomic mass is 32.1. The fourth-order valence-electron chi connectivity index (χ4n) is 2.04. The van der Waals surface area contributed by atoms with Gasteiger partial charge in [-0.1, -0.05) is 11.3 Å². The summed E-state index contributed by atoms with van der Waals surface area (Å²) in [6, 6.07) is 3.83. The topological polar surface area (TPSA) is 63.8 Å². The molecule has 7 heteroatoms. The summed E-state index contributed by atoms with van der Waals surface area (Å²) in [7, 11) is 1.85. The van der Waals surface area contributed by atoms with Crippen molar-refractivity contribution < 1.29 is 4.42 Å². The molecule has 3 aromatic heterocycles. The van der Waals surface area contributed by atoms with E-state index in [1.807, 2.05) is 19.2 Å². The average Bonchev–Trinajstić information content (AvgIpc) is 2.92. The lowest BCUT2D eigenvalue weighted by Gasteiger charge is -1.93. The Morgan fingerprint density at radius 3 is 2.80 bits per heavy atom. The summed E-state index contributed by atoms with van der Waals surface area (Å²) in [5, 5.41) is 14.1. The van der Waals surface area contributed by atoms with Gasteiger partial charge in [0.2, 0.25) is 5.13 Å². The second-order valence-corrected chi connectivity index (χ2v) is 6.62. The Hall–Kier alpha value is -1.73. The lowest BCUT2D eigenvalue weighted by Crippen LogP contribution is -1.85. The molecule has 0 spiro atoms. The Labute approximate surface area is 123 Å². The van der Waals surface area contributed by atoms with Gasteiger partial charge < -0.3 is 9.73 Å². The molecule has 5 nitrogen and oxygen atoms in total. The van der Waals surface area contributed by atoms with Gasteiger partial charge in [-0.25, -0.2) is 4.98 Å². The largest absolute Gasteiger partial charge is 0.462 e. The molecular weight excluding hydrogens is 292 g/mol. The molecule has 4 rings (SSSR count). The minimum absolute atomic E-state index is 0.576. The maximum Gasteiger partial charge on any atom is 0.205 e. The summed E-state index contributed by atoms with van der Waals surface area (Å²) in [6.45, 7) is 0. The number of thiazole rings is 1. The monoisotopic (exact) mass is 304 g/mol. The van der Waals surface area contributed by atoms with E-state index in [0.29, 0.717) is 5.92 Å². The maximum atomic E-state index is 5.45. The summed E-state index contributed by atoms with van der Waals surface area (Å²) in [6.07, 6.45) is 4.11. The molecule has 1 aliphatic rings. The fraction of sp³-hybridized carbons (Fsp3) is 0.308. The smallest absolute Gasteiger partial charge is 0.205 e. The molecule has 0 amide bonds. The van der Waals surface area contributed by atoms with Crippen molar-refractivity contribution in [3.63, 3.8) is 0 Å². The van der Waals surface area contributed by atoms with Crippen molar-refractivity contribution in [2.24, 2.45) is 0 Å². The van der Waals surface area contributed by atoms with E-state index in [0.717, 1.165) is 31.5 Å². The van der Waals surface area contributed by atoms with Crippen LogP contribution in [0.15, 0.2) is 22.8 Å². The number of furan rings is 1. The van der Waals surface area contributed by atoms with Crippen molar-refractivity contribution in [1.82, 2.24) is 15.2 Å². The average molecular weight is 304 g/mol. The van der Waals surface area contributed by atoms with Crippen molar-refractivity contribution in [2.75, 3.05) is 12.4 Å². The SMILES string of the molecule is CNc1nnc(-c2sc(-c3ccco3)nc2C2CC2)s1. The highest BCUT2D eigenvalue weighted by Gasteiger charge is 2.32. The molecule has 0 aliphatic heterocycles. The van der Waals surface area contributed by atoms with Gasteiger partial charge in [0.1, 0.15) is 0 Å². The highest BCUT2D eigenvalue weighted by Crippen LogP contribution is 2.48. The first-order chi connectivity index (χ1) is 9.85. The van der Waals surface area contributed by atoms with E-state index in [1.54, 1.807) is 28.9 Å². The Morgan fingerprint density at radius 1 is 1.25 bits per heavy atom. The number of hydrogen-bond donors (Lipinski definition) is 1. The zero-order valence-electron chi connectivity index (χ0n) is 10.8. The predicted molar refractivity (Wildman–Crippen MR) is 80.2 cm³/mol. The summed E-state index contributed by atoms with van der Waals surface area (Å²) >= 11 is 3.20. The van der Waals surface area contributed by atoms with Crippen molar-refractivity contribution in [3.05, 3.63) is 24.1 Å². The number of aromatic nitrogens is 3. The maximum absolute atomic E-state index is 5.45. The summed E-state index contributed by atoms with van der Waals surface area (Å²) < 4.78 is 5.45. The van der Waals surface area contributed by atoms with Gasteiger partial charge in [-0.2, -0.15) is 0 Å². The van der Waals surface area contributed by atoms with Gasteiger partial charge in [-0.15, -0.1) is 21.5 Å². The highest BCUT2D eigenvalue weighted by molar-refractivity contribution is 7.24. The van der Waals surface area contributed by atoms with Crippen LogP contribution in [-0.4, -0.2) is 22.2 Å². The number of nitrogens with zero attached hydrogens (tertiary/aromatic N) is 3. The Balaban J connectivity index is 1.81. The second-order valence-electron chi connectivity index (χ2n) is 4.65. The first-order valence-electron chi connectivity index (χ1n) is 6.41. The van der Waals surface area contributed by atoms with E-state index in [-0.39, 0.29) is 0 Å². The van der Waals surface area contributed by atoms with Crippen LogP contribution in [0.3, 0.4) is 0 Å². The summed E-state index contributed by atoms with van der Waals surface area (Å²) in [4.78, 5) is 5.91. The van der Waals surface area contributed by atoms with Crippen LogP contribution in [0.5, 0.6) is 0 Å². The first kappa shape index (κ1) is 12.0. The predicted octanol–water partition coefficient (Wildman–Crippen LogP) is 3.84. The molecule has 1 fully saturated rings. The third-order valence-electron chi connectivity index (χ3n) is 3.18. The molecule has 0 saturated heterocycles. The molecule has 0 unspecified atom stereocenters.